The molecule has 27 heavy (non-hydrogen) atoms. The molecule has 0 unspecified atom stereocenters. The van der Waals surface area contributed by atoms with Crippen molar-refractivity contribution in [2.45, 2.75) is 72.2 Å². The number of hydrogen-bond acceptors (Lipinski definition) is 6. The molecule has 1 saturated carbocycles. The number of aryl methyl sites for hydroxylation is 2. The highest BCUT2D eigenvalue weighted by molar-refractivity contribution is 7.18. The first kappa shape index (κ1) is 19.6. The van der Waals surface area contributed by atoms with Crippen LogP contribution in [-0.4, -0.2) is 20.8 Å². The van der Waals surface area contributed by atoms with E-state index in [-0.39, 0.29) is 17.3 Å². The fourth-order valence-corrected chi connectivity index (χ4v) is 4.31. The van der Waals surface area contributed by atoms with Crippen LogP contribution in [0.1, 0.15) is 57.0 Å². The molecule has 0 spiro atoms. The van der Waals surface area contributed by atoms with Crippen LogP contribution in [0, 0.1) is 6.92 Å². The van der Waals surface area contributed by atoms with Gasteiger partial charge in [0.05, 0.1) is 5.39 Å². The van der Waals surface area contributed by atoms with E-state index in [1.54, 1.807) is 25.3 Å². The zero-order chi connectivity index (χ0) is 19.9. The van der Waals surface area contributed by atoms with Gasteiger partial charge >= 0.3 is 11.8 Å². The van der Waals surface area contributed by atoms with Crippen molar-refractivity contribution in [3.8, 4) is 0 Å². The van der Waals surface area contributed by atoms with E-state index in [1.165, 1.54) is 15.9 Å². The smallest absolute Gasteiger partial charge is 0.422 e. The van der Waals surface area contributed by atoms with Gasteiger partial charge in [0.2, 0.25) is 0 Å². The molecule has 2 aromatic heterocycles. The minimum absolute atomic E-state index is 0.0295. The van der Waals surface area contributed by atoms with Crippen molar-refractivity contribution < 1.29 is 9.53 Å². The highest BCUT2D eigenvalue weighted by Gasteiger charge is 2.30. The Labute approximate surface area is 161 Å². The largest absolute Gasteiger partial charge is 0.443 e. The van der Waals surface area contributed by atoms with Gasteiger partial charge in [0.15, 0.2) is 0 Å². The molecule has 1 fully saturated rings. The molecule has 1 aliphatic carbocycles. The van der Waals surface area contributed by atoms with Crippen molar-refractivity contribution in [3.63, 3.8) is 0 Å². The van der Waals surface area contributed by atoms with Crippen molar-refractivity contribution in [3.05, 3.63) is 31.3 Å². The van der Waals surface area contributed by atoms with E-state index >= 15 is 0 Å². The third kappa shape index (κ3) is 3.93. The van der Waals surface area contributed by atoms with Crippen LogP contribution in [0.3, 0.4) is 0 Å². The van der Waals surface area contributed by atoms with Crippen molar-refractivity contribution in [2.75, 3.05) is 0 Å². The molecule has 2 N–H and O–H groups in total. The predicted octanol–water partition coefficient (Wildman–Crippen LogP) is 2.42. The summed E-state index contributed by atoms with van der Waals surface area (Å²) in [6.07, 6.45) is 1.19. The summed E-state index contributed by atoms with van der Waals surface area (Å²) in [5, 5.41) is 0.599. The fourth-order valence-electron chi connectivity index (χ4n) is 3.01. The lowest BCUT2D eigenvalue weighted by Gasteiger charge is -2.19. The number of ether oxygens (including phenoxy) is 1. The highest BCUT2D eigenvalue weighted by Crippen LogP contribution is 2.34. The number of hydrazine groups is 1. The summed E-state index contributed by atoms with van der Waals surface area (Å²) in [5.41, 5.74) is 5.16. The normalized spacial score (nSPS) is 14.6. The van der Waals surface area contributed by atoms with Gasteiger partial charge in [-0.1, -0.05) is 0 Å². The van der Waals surface area contributed by atoms with E-state index in [0.29, 0.717) is 23.3 Å². The molecule has 2 heterocycles. The first-order chi connectivity index (χ1) is 12.6. The van der Waals surface area contributed by atoms with E-state index in [9.17, 15) is 14.4 Å². The van der Waals surface area contributed by atoms with Crippen LogP contribution in [0.2, 0.25) is 0 Å². The summed E-state index contributed by atoms with van der Waals surface area (Å²) in [6.45, 7) is 10.00. The number of carbonyl (C=O) groups excluding carboxylic acids is 1. The van der Waals surface area contributed by atoms with Crippen molar-refractivity contribution in [1.29, 1.82) is 0 Å². The second-order valence-corrected chi connectivity index (χ2v) is 8.83. The number of aromatic nitrogens is 2. The Kier molecular flexibility index (Phi) is 5.18. The topological polar surface area (TPSA) is 94.4 Å². The second-order valence-electron chi connectivity index (χ2n) is 7.74. The van der Waals surface area contributed by atoms with E-state index in [2.05, 4.69) is 10.9 Å². The first-order valence-electron chi connectivity index (χ1n) is 9.13. The van der Waals surface area contributed by atoms with Gasteiger partial charge in [0.1, 0.15) is 10.4 Å². The average molecular weight is 394 g/mol. The molecular weight excluding hydrogens is 368 g/mol. The van der Waals surface area contributed by atoms with Crippen LogP contribution >= 0.6 is 11.3 Å². The van der Waals surface area contributed by atoms with E-state index < -0.39 is 11.7 Å². The van der Waals surface area contributed by atoms with Crippen LogP contribution < -0.4 is 22.1 Å². The summed E-state index contributed by atoms with van der Waals surface area (Å²) in [6, 6.07) is 0.0295. The average Bonchev–Trinajstić information content (AvgIpc) is 3.31. The Morgan fingerprint density at radius 2 is 1.96 bits per heavy atom. The number of nitrogens with one attached hydrogen (secondary N) is 2. The molecule has 1 aliphatic rings. The number of rotatable bonds is 5. The van der Waals surface area contributed by atoms with E-state index in [4.69, 9.17) is 4.74 Å². The third-order valence-electron chi connectivity index (χ3n) is 4.41. The standard InChI is InChI=1S/C18H26N4O4S/c1-6-21-15-13(14(23)22(17(21)25)11-7-8-11)10(2)12(27-15)9-19-20-16(24)26-18(3,4)5/h11,19H,6-9H2,1-5H3,(H,20,24). The van der Waals surface area contributed by atoms with Gasteiger partial charge in [-0.15, -0.1) is 11.3 Å². The van der Waals surface area contributed by atoms with Gasteiger partial charge in [0.25, 0.3) is 5.56 Å². The Morgan fingerprint density at radius 1 is 1.30 bits per heavy atom. The molecule has 0 aromatic carbocycles. The molecule has 148 valence electrons. The third-order valence-corrected chi connectivity index (χ3v) is 5.72. The Balaban J connectivity index is 1.89. The highest BCUT2D eigenvalue weighted by atomic mass is 32.1. The SMILES string of the molecule is CCn1c(=O)n(C2CC2)c(=O)c2c(C)c(CNNC(=O)OC(C)(C)C)sc21. The van der Waals surface area contributed by atoms with Crippen LogP contribution in [0.4, 0.5) is 4.79 Å². The monoisotopic (exact) mass is 394 g/mol. The number of thiophene rings is 1. The maximum Gasteiger partial charge on any atom is 0.422 e. The van der Waals surface area contributed by atoms with Gasteiger partial charge in [-0.25, -0.2) is 15.0 Å². The van der Waals surface area contributed by atoms with Crippen LogP contribution in [0.25, 0.3) is 10.2 Å². The minimum Gasteiger partial charge on any atom is -0.443 e. The van der Waals surface area contributed by atoms with Gasteiger partial charge in [0, 0.05) is 24.0 Å². The molecule has 1 amide bonds. The summed E-state index contributed by atoms with van der Waals surface area (Å²) in [5.74, 6) is 0. The number of nitrogens with zero attached hydrogens (tertiary/aromatic N) is 2. The molecule has 0 bridgehead atoms. The van der Waals surface area contributed by atoms with Gasteiger partial charge in [-0.05, 0) is 53.0 Å². The fraction of sp³-hybridized carbons (Fsp3) is 0.611. The first-order valence-corrected chi connectivity index (χ1v) is 9.94. The second kappa shape index (κ2) is 7.12. The van der Waals surface area contributed by atoms with Crippen molar-refractivity contribution >= 4 is 27.6 Å². The van der Waals surface area contributed by atoms with Crippen molar-refractivity contribution in [2.24, 2.45) is 0 Å². The number of carbonyl (C=O) groups is 1. The minimum atomic E-state index is -0.579. The van der Waals surface area contributed by atoms with Crippen LogP contribution in [-0.2, 0) is 17.8 Å². The molecule has 8 nitrogen and oxygen atoms in total. The zero-order valence-electron chi connectivity index (χ0n) is 16.3. The number of amides is 1. The summed E-state index contributed by atoms with van der Waals surface area (Å²) in [4.78, 5) is 39.0. The molecule has 3 rings (SSSR count). The van der Waals surface area contributed by atoms with E-state index in [0.717, 1.165) is 23.3 Å². The maximum absolute atomic E-state index is 12.9. The van der Waals surface area contributed by atoms with Gasteiger partial charge in [-0.3, -0.25) is 19.4 Å². The molecular formula is C18H26N4O4S. The summed E-state index contributed by atoms with van der Waals surface area (Å²) < 4.78 is 8.25. The molecule has 9 heteroatoms. The Hall–Kier alpha value is -2.13. The molecule has 0 radical (unpaired) electrons. The van der Waals surface area contributed by atoms with Crippen LogP contribution in [0.5, 0.6) is 0 Å². The Bertz CT molecular complexity index is 992. The number of fused-ring (bicyclic) bond motifs is 1. The quantitative estimate of drug-likeness (QED) is 0.760. The van der Waals surface area contributed by atoms with Crippen molar-refractivity contribution in [1.82, 2.24) is 20.0 Å². The predicted molar refractivity (Wildman–Crippen MR) is 105 cm³/mol. The van der Waals surface area contributed by atoms with E-state index in [1.807, 2.05) is 13.8 Å². The maximum atomic E-state index is 12.9. The molecule has 2 aromatic rings. The van der Waals surface area contributed by atoms with Gasteiger partial charge < -0.3 is 4.74 Å². The molecule has 0 aliphatic heterocycles. The lowest BCUT2D eigenvalue weighted by atomic mass is 10.2. The summed E-state index contributed by atoms with van der Waals surface area (Å²) in [7, 11) is 0. The zero-order valence-corrected chi connectivity index (χ0v) is 17.2. The molecule has 0 atom stereocenters. The Morgan fingerprint density at radius 3 is 2.52 bits per heavy atom. The lowest BCUT2D eigenvalue weighted by molar-refractivity contribution is 0.0497. The van der Waals surface area contributed by atoms with Crippen LogP contribution in [0.15, 0.2) is 9.59 Å². The molecule has 0 saturated heterocycles. The summed E-state index contributed by atoms with van der Waals surface area (Å²) >= 11 is 1.40. The number of hydrogen-bond donors (Lipinski definition) is 2. The lowest BCUT2D eigenvalue weighted by Crippen LogP contribution is -2.40. The van der Waals surface area contributed by atoms with Gasteiger partial charge in [-0.2, -0.15) is 0 Å².